The van der Waals surface area contributed by atoms with Crippen LogP contribution in [0.5, 0.6) is 0 Å². The minimum atomic E-state index is -0.314. The number of rotatable bonds is 4. The van der Waals surface area contributed by atoms with Crippen molar-refractivity contribution in [3.8, 4) is 0 Å². The lowest BCUT2D eigenvalue weighted by Gasteiger charge is -2.29. The molecule has 1 aliphatic rings. The summed E-state index contributed by atoms with van der Waals surface area (Å²) in [5.74, 6) is 0.958. The van der Waals surface area contributed by atoms with Crippen molar-refractivity contribution in [2.75, 3.05) is 32.7 Å². The van der Waals surface area contributed by atoms with E-state index >= 15 is 0 Å². The lowest BCUT2D eigenvalue weighted by molar-refractivity contribution is 0.0913. The number of nitrogens with zero attached hydrogens (tertiary/aromatic N) is 3. The number of aliphatic hydroxyl groups is 1. The second kappa shape index (κ2) is 5.43. The second-order valence-corrected chi connectivity index (χ2v) is 4.33. The Morgan fingerprint density at radius 3 is 2.81 bits per heavy atom. The van der Waals surface area contributed by atoms with Crippen molar-refractivity contribution < 1.29 is 5.11 Å². The Kier molecular flexibility index (Phi) is 3.93. The van der Waals surface area contributed by atoms with E-state index in [2.05, 4.69) is 15.2 Å². The fourth-order valence-corrected chi connectivity index (χ4v) is 2.07. The molecular formula is C11H20N4O. The highest BCUT2D eigenvalue weighted by Crippen LogP contribution is 2.01. The Labute approximate surface area is 96.1 Å². The van der Waals surface area contributed by atoms with Crippen LogP contribution in [0.25, 0.3) is 0 Å². The summed E-state index contributed by atoms with van der Waals surface area (Å²) in [4.78, 5) is 6.44. The van der Waals surface area contributed by atoms with E-state index in [1.165, 1.54) is 0 Å². The van der Waals surface area contributed by atoms with Gasteiger partial charge >= 0.3 is 0 Å². The molecular weight excluding hydrogens is 204 g/mol. The average Bonchev–Trinajstić information content (AvgIpc) is 2.66. The zero-order valence-electron chi connectivity index (χ0n) is 9.76. The van der Waals surface area contributed by atoms with Crippen molar-refractivity contribution in [1.29, 1.82) is 0 Å². The Hall–Kier alpha value is -0.910. The number of hydrogen-bond donors (Lipinski definition) is 2. The molecule has 1 saturated heterocycles. The summed E-state index contributed by atoms with van der Waals surface area (Å²) in [7, 11) is 0. The maximum absolute atomic E-state index is 9.99. The van der Waals surface area contributed by atoms with E-state index in [1.807, 2.05) is 17.7 Å². The van der Waals surface area contributed by atoms with Crippen molar-refractivity contribution in [3.05, 3.63) is 18.2 Å². The monoisotopic (exact) mass is 224 g/mol. The van der Waals surface area contributed by atoms with Gasteiger partial charge in [0.1, 0.15) is 5.82 Å². The highest BCUT2D eigenvalue weighted by molar-refractivity contribution is 4.89. The third-order valence-corrected chi connectivity index (χ3v) is 3.01. The predicted octanol–water partition coefficient (Wildman–Crippen LogP) is -0.542. The van der Waals surface area contributed by atoms with Crippen molar-refractivity contribution in [2.24, 2.45) is 0 Å². The molecule has 90 valence electrons. The van der Waals surface area contributed by atoms with Gasteiger partial charge in [0.2, 0.25) is 0 Å². The van der Waals surface area contributed by atoms with E-state index in [-0.39, 0.29) is 6.10 Å². The fraction of sp³-hybridized carbons (Fsp3) is 0.727. The van der Waals surface area contributed by atoms with Gasteiger partial charge in [0, 0.05) is 45.1 Å². The molecule has 0 aromatic carbocycles. The number of aliphatic hydroxyl groups excluding tert-OH is 1. The largest absolute Gasteiger partial charge is 0.390 e. The lowest BCUT2D eigenvalue weighted by atomic mass is 10.3. The van der Waals surface area contributed by atoms with Gasteiger partial charge < -0.3 is 15.0 Å². The SMILES string of the molecule is Cc1nccn1CC(O)CN1CCNCC1. The van der Waals surface area contributed by atoms with Gasteiger partial charge in [0.15, 0.2) is 0 Å². The van der Waals surface area contributed by atoms with Crippen LogP contribution in [0, 0.1) is 6.92 Å². The van der Waals surface area contributed by atoms with Crippen LogP contribution in [-0.4, -0.2) is 58.4 Å². The quantitative estimate of drug-likeness (QED) is 0.721. The van der Waals surface area contributed by atoms with Crippen LogP contribution >= 0.6 is 0 Å². The Morgan fingerprint density at radius 2 is 2.19 bits per heavy atom. The van der Waals surface area contributed by atoms with Crippen molar-refractivity contribution in [2.45, 2.75) is 19.6 Å². The first-order chi connectivity index (χ1) is 7.75. The molecule has 0 bridgehead atoms. The summed E-state index contributed by atoms with van der Waals surface area (Å²) in [6, 6.07) is 0. The summed E-state index contributed by atoms with van der Waals surface area (Å²) in [6.07, 6.45) is 3.37. The van der Waals surface area contributed by atoms with Crippen LogP contribution < -0.4 is 5.32 Å². The molecule has 2 N–H and O–H groups in total. The summed E-state index contributed by atoms with van der Waals surface area (Å²) >= 11 is 0. The van der Waals surface area contributed by atoms with Gasteiger partial charge in [-0.3, -0.25) is 4.90 Å². The molecule has 5 heteroatoms. The van der Waals surface area contributed by atoms with E-state index in [9.17, 15) is 5.11 Å². The van der Waals surface area contributed by atoms with E-state index in [0.717, 1.165) is 38.5 Å². The molecule has 1 atom stereocenters. The van der Waals surface area contributed by atoms with Crippen molar-refractivity contribution in [1.82, 2.24) is 19.8 Å². The number of piperazine rings is 1. The van der Waals surface area contributed by atoms with Gasteiger partial charge in [0.05, 0.1) is 12.6 Å². The molecule has 1 aromatic rings. The molecule has 2 heterocycles. The van der Waals surface area contributed by atoms with Gasteiger partial charge in [-0.1, -0.05) is 0 Å². The maximum atomic E-state index is 9.99. The first kappa shape index (κ1) is 11.6. The highest BCUT2D eigenvalue weighted by Gasteiger charge is 2.14. The van der Waals surface area contributed by atoms with Crippen molar-refractivity contribution in [3.63, 3.8) is 0 Å². The Bertz CT molecular complexity index is 320. The van der Waals surface area contributed by atoms with Crippen LogP contribution in [0.2, 0.25) is 0 Å². The van der Waals surface area contributed by atoms with E-state index < -0.39 is 0 Å². The lowest BCUT2D eigenvalue weighted by Crippen LogP contribution is -2.46. The van der Waals surface area contributed by atoms with Crippen LogP contribution in [0.4, 0.5) is 0 Å². The molecule has 1 aromatic heterocycles. The summed E-state index contributed by atoms with van der Waals surface area (Å²) in [5.41, 5.74) is 0. The molecule has 0 saturated carbocycles. The first-order valence-electron chi connectivity index (χ1n) is 5.84. The summed E-state index contributed by atoms with van der Waals surface area (Å²) in [6.45, 7) is 7.44. The third-order valence-electron chi connectivity index (χ3n) is 3.01. The molecule has 0 radical (unpaired) electrons. The normalized spacial score (nSPS) is 19.9. The molecule has 0 aliphatic carbocycles. The highest BCUT2D eigenvalue weighted by atomic mass is 16.3. The average molecular weight is 224 g/mol. The van der Waals surface area contributed by atoms with Gasteiger partial charge in [-0.2, -0.15) is 0 Å². The number of nitrogens with one attached hydrogen (secondary N) is 1. The molecule has 1 aliphatic heterocycles. The fourth-order valence-electron chi connectivity index (χ4n) is 2.07. The Balaban J connectivity index is 1.79. The third kappa shape index (κ3) is 3.04. The Morgan fingerprint density at radius 1 is 1.44 bits per heavy atom. The van der Waals surface area contributed by atoms with Crippen LogP contribution in [0.15, 0.2) is 12.4 Å². The number of β-amino-alcohol motifs (C(OH)–C–C–N with tert-alkyl or cyclic N) is 1. The zero-order valence-corrected chi connectivity index (χ0v) is 9.76. The smallest absolute Gasteiger partial charge is 0.105 e. The molecule has 1 fully saturated rings. The summed E-state index contributed by atoms with van der Waals surface area (Å²) < 4.78 is 1.99. The molecule has 5 nitrogen and oxygen atoms in total. The predicted molar refractivity (Wildman–Crippen MR) is 62.3 cm³/mol. The zero-order chi connectivity index (χ0) is 11.4. The van der Waals surface area contributed by atoms with Crippen LogP contribution in [-0.2, 0) is 6.54 Å². The number of aromatic nitrogens is 2. The second-order valence-electron chi connectivity index (χ2n) is 4.33. The first-order valence-corrected chi connectivity index (χ1v) is 5.84. The maximum Gasteiger partial charge on any atom is 0.105 e. The van der Waals surface area contributed by atoms with Gasteiger partial charge in [-0.05, 0) is 6.92 Å². The molecule has 0 amide bonds. The van der Waals surface area contributed by atoms with E-state index in [4.69, 9.17) is 0 Å². The van der Waals surface area contributed by atoms with Gasteiger partial charge in [0.25, 0.3) is 0 Å². The van der Waals surface area contributed by atoms with Crippen molar-refractivity contribution >= 4 is 0 Å². The molecule has 2 rings (SSSR count). The van der Waals surface area contributed by atoms with Gasteiger partial charge in [-0.25, -0.2) is 4.98 Å². The number of aryl methyl sites for hydroxylation is 1. The number of imidazole rings is 1. The van der Waals surface area contributed by atoms with Gasteiger partial charge in [-0.15, -0.1) is 0 Å². The van der Waals surface area contributed by atoms with Crippen LogP contribution in [0.3, 0.4) is 0 Å². The molecule has 1 unspecified atom stereocenters. The summed E-state index contributed by atoms with van der Waals surface area (Å²) in [5, 5.41) is 13.3. The topological polar surface area (TPSA) is 53.3 Å². The number of hydrogen-bond acceptors (Lipinski definition) is 4. The van der Waals surface area contributed by atoms with Crippen LogP contribution in [0.1, 0.15) is 5.82 Å². The molecule has 0 spiro atoms. The van der Waals surface area contributed by atoms with E-state index in [1.54, 1.807) is 6.20 Å². The van der Waals surface area contributed by atoms with E-state index in [0.29, 0.717) is 6.54 Å². The minimum Gasteiger partial charge on any atom is -0.390 e. The standard InChI is InChI=1S/C11H20N4O/c1-10-13-4-7-15(10)9-11(16)8-14-5-2-12-3-6-14/h4,7,11-12,16H,2-3,5-6,8-9H2,1H3. The minimum absolute atomic E-state index is 0.314. The molecule has 16 heavy (non-hydrogen) atoms.